The molecule has 203 valence electrons. The molecule has 0 aliphatic carbocycles. The predicted octanol–water partition coefficient (Wildman–Crippen LogP) is 5.42. The van der Waals surface area contributed by atoms with Crippen molar-refractivity contribution in [3.05, 3.63) is 121 Å². The molecule has 8 nitrogen and oxygen atoms in total. The first-order valence-electron chi connectivity index (χ1n) is 9.79. The molecule has 0 saturated carbocycles. The van der Waals surface area contributed by atoms with Crippen molar-refractivity contribution in [3.63, 3.8) is 0 Å². The van der Waals surface area contributed by atoms with Crippen molar-refractivity contribution >= 4 is 42.8 Å². The molecule has 0 N–H and O–H groups in total. The average Bonchev–Trinajstić information content (AvgIpc) is 2.92. The van der Waals surface area contributed by atoms with Gasteiger partial charge in [-0.15, -0.1) is 0 Å². The average molecular weight is 628 g/mol. The Morgan fingerprint density at radius 2 is 0.405 bits per heavy atom. The van der Waals surface area contributed by atoms with Gasteiger partial charge in [0, 0.05) is 17.1 Å². The molecule has 4 aromatic rings. The fraction of sp³-hybridized carbons (Fsp3) is 0. The molecule has 0 aliphatic rings. The molecule has 0 aliphatic heterocycles. The van der Waals surface area contributed by atoms with Gasteiger partial charge in [0.15, 0.2) is 0 Å². The summed E-state index contributed by atoms with van der Waals surface area (Å²) >= 11 is 0. The van der Waals surface area contributed by atoms with Crippen LogP contribution in [0.25, 0.3) is 0 Å². The maximum Gasteiger partial charge on any atom is 0 e. The third kappa shape index (κ3) is 15.8. The maximum absolute atomic E-state index is 10.2. The first-order valence-corrected chi connectivity index (χ1v) is 14.1. The van der Waals surface area contributed by atoms with E-state index in [1.807, 2.05) is 0 Å². The number of rotatable bonds is 4. The SMILES string of the molecule is O=[S-](=O)c1ccccc1.O=[S-](=O)c1ccccc1.O=[S-](=O)c1ccccc1.O=[S-](=O)c1ccccc1.[Cu]. The normalized spacial score (nSPS) is 9.62. The van der Waals surface area contributed by atoms with Gasteiger partial charge in [0.05, 0.1) is 0 Å². The minimum absolute atomic E-state index is 0. The van der Waals surface area contributed by atoms with Crippen LogP contribution in [0.2, 0.25) is 0 Å². The van der Waals surface area contributed by atoms with E-state index in [2.05, 4.69) is 0 Å². The molecule has 0 heterocycles. The largest absolute Gasteiger partial charge is 0.420 e. The van der Waals surface area contributed by atoms with E-state index in [1.165, 1.54) is 0 Å². The second-order valence-electron chi connectivity index (χ2n) is 6.19. The molecule has 4 aromatic carbocycles. The molecule has 0 saturated heterocycles. The molecule has 0 aromatic heterocycles. The fourth-order valence-corrected chi connectivity index (χ4v) is 3.64. The van der Waals surface area contributed by atoms with Crippen molar-refractivity contribution in [2.75, 3.05) is 0 Å². The molecular weight excluding hydrogens is 608 g/mol. The number of hydrogen-bond donors (Lipinski definition) is 0. The smallest absolute Gasteiger partial charge is 0 e. The van der Waals surface area contributed by atoms with Gasteiger partial charge in [0.2, 0.25) is 0 Å². The molecule has 4 rings (SSSR count). The number of benzene rings is 4. The zero-order chi connectivity index (χ0) is 26.8. The second-order valence-corrected chi connectivity index (χ2v) is 9.95. The van der Waals surface area contributed by atoms with Crippen LogP contribution in [-0.4, -0.2) is 0 Å². The Kier molecular flexibility index (Phi) is 18.7. The first kappa shape index (κ1) is 34.2. The minimum atomic E-state index is -2.08. The Hall–Kier alpha value is -2.80. The molecule has 0 bridgehead atoms. The van der Waals surface area contributed by atoms with Crippen LogP contribution >= 0.6 is 0 Å². The topological polar surface area (TPSA) is 137 Å². The van der Waals surface area contributed by atoms with Crippen LogP contribution in [-0.2, 0) is 93.6 Å². The summed E-state index contributed by atoms with van der Waals surface area (Å²) in [5, 5.41) is 0. The standard InChI is InChI=1S/4C6H5O2S.Cu/c4*7-9(8)6-4-2-1-3-5-6;/h4*1-5H;/q4*-1;. The van der Waals surface area contributed by atoms with Crippen molar-refractivity contribution in [2.24, 2.45) is 0 Å². The van der Waals surface area contributed by atoms with Crippen LogP contribution in [0.15, 0.2) is 141 Å². The van der Waals surface area contributed by atoms with Crippen LogP contribution < -0.4 is 0 Å². The third-order valence-electron chi connectivity index (χ3n) is 3.74. The summed E-state index contributed by atoms with van der Waals surface area (Å²) in [6.45, 7) is 0. The van der Waals surface area contributed by atoms with Crippen LogP contribution in [0.5, 0.6) is 0 Å². The molecule has 37 heavy (non-hydrogen) atoms. The van der Waals surface area contributed by atoms with Crippen molar-refractivity contribution in [3.8, 4) is 0 Å². The molecule has 1 radical (unpaired) electrons. The summed E-state index contributed by atoms with van der Waals surface area (Å²) in [6.07, 6.45) is 0. The Morgan fingerprint density at radius 1 is 0.270 bits per heavy atom. The summed E-state index contributed by atoms with van der Waals surface area (Å²) in [5.74, 6) is 0. The van der Waals surface area contributed by atoms with E-state index in [9.17, 15) is 33.7 Å². The monoisotopic (exact) mass is 627 g/mol. The van der Waals surface area contributed by atoms with E-state index in [0.717, 1.165) is 0 Å². The van der Waals surface area contributed by atoms with Crippen LogP contribution in [0.1, 0.15) is 0 Å². The first-order chi connectivity index (χ1) is 17.2. The summed E-state index contributed by atoms with van der Waals surface area (Å²) in [4.78, 5) is 1.32. The third-order valence-corrected chi connectivity index (χ3v) is 6.37. The van der Waals surface area contributed by atoms with E-state index >= 15 is 0 Å². The van der Waals surface area contributed by atoms with Gasteiger partial charge in [-0.25, -0.2) is 0 Å². The molecule has 0 fully saturated rings. The van der Waals surface area contributed by atoms with Crippen LogP contribution in [0.3, 0.4) is 0 Å². The van der Waals surface area contributed by atoms with Crippen molar-refractivity contribution in [1.29, 1.82) is 0 Å². The molecule has 0 unspecified atom stereocenters. The van der Waals surface area contributed by atoms with Gasteiger partial charge >= 0.3 is 0 Å². The fourth-order valence-electron chi connectivity index (χ4n) is 2.13. The quantitative estimate of drug-likeness (QED) is 0.216. The summed E-state index contributed by atoms with van der Waals surface area (Å²) in [6, 6.07) is 32.9. The van der Waals surface area contributed by atoms with Gasteiger partial charge in [0.25, 0.3) is 0 Å². The van der Waals surface area contributed by atoms with Gasteiger partial charge in [-0.1, -0.05) is 141 Å². The van der Waals surface area contributed by atoms with Gasteiger partial charge in [0.1, 0.15) is 0 Å². The van der Waals surface area contributed by atoms with Crippen molar-refractivity contribution in [1.82, 2.24) is 0 Å². The van der Waals surface area contributed by atoms with Crippen LogP contribution in [0.4, 0.5) is 0 Å². The van der Waals surface area contributed by atoms with Gasteiger partial charge in [-0.3, -0.25) is 0 Å². The summed E-state index contributed by atoms with van der Waals surface area (Å²) < 4.78 is 81.6. The van der Waals surface area contributed by atoms with E-state index in [1.54, 1.807) is 121 Å². The Morgan fingerprint density at radius 3 is 0.486 bits per heavy atom. The Labute approximate surface area is 233 Å². The van der Waals surface area contributed by atoms with Gasteiger partial charge in [-0.05, 0) is 42.8 Å². The van der Waals surface area contributed by atoms with Gasteiger partial charge in [-0.2, -0.15) is 0 Å². The Bertz CT molecular complexity index is 1210. The van der Waals surface area contributed by atoms with Gasteiger partial charge < -0.3 is 33.7 Å². The zero-order valence-corrected chi connectivity index (χ0v) is 23.0. The Balaban J connectivity index is 0.000000463. The second kappa shape index (κ2) is 20.3. The van der Waals surface area contributed by atoms with Crippen molar-refractivity contribution in [2.45, 2.75) is 19.6 Å². The van der Waals surface area contributed by atoms with E-state index in [-0.39, 0.29) is 17.1 Å². The zero-order valence-electron chi connectivity index (χ0n) is 18.7. The molecular formula is C24H20CuO8S4-4. The predicted molar refractivity (Wildman–Crippen MR) is 134 cm³/mol. The molecule has 13 heteroatoms. The minimum Gasteiger partial charge on any atom is -0.420 e. The van der Waals surface area contributed by atoms with E-state index in [4.69, 9.17) is 0 Å². The molecule has 0 atom stereocenters. The molecule has 0 amide bonds. The molecule has 0 spiro atoms. The van der Waals surface area contributed by atoms with Crippen molar-refractivity contribution < 1.29 is 50.7 Å². The van der Waals surface area contributed by atoms with Crippen LogP contribution in [0, 0.1) is 0 Å². The van der Waals surface area contributed by atoms with E-state index in [0.29, 0.717) is 19.6 Å². The number of hydrogen-bond acceptors (Lipinski definition) is 12. The summed E-state index contributed by atoms with van der Waals surface area (Å²) in [7, 11) is -8.32. The summed E-state index contributed by atoms with van der Waals surface area (Å²) in [5.41, 5.74) is 0. The van der Waals surface area contributed by atoms with E-state index < -0.39 is 42.8 Å². The maximum atomic E-state index is 10.2.